The van der Waals surface area contributed by atoms with Crippen LogP contribution in [0.1, 0.15) is 43.2 Å². The summed E-state index contributed by atoms with van der Waals surface area (Å²) in [5, 5.41) is 12.3. The Morgan fingerprint density at radius 3 is 2.31 bits per heavy atom. The molecule has 2 amide bonds. The van der Waals surface area contributed by atoms with Gasteiger partial charge in [-0.3, -0.25) is 9.59 Å². The van der Waals surface area contributed by atoms with E-state index in [4.69, 9.17) is 4.74 Å². The molecule has 2 aromatic carbocycles. The van der Waals surface area contributed by atoms with Gasteiger partial charge in [0.15, 0.2) is 0 Å². The molecular weight excluding hydrogens is 444 g/mol. The van der Waals surface area contributed by atoms with Crippen LogP contribution in [-0.2, 0) is 14.3 Å². The Morgan fingerprint density at radius 2 is 1.69 bits per heavy atom. The zero-order valence-corrected chi connectivity index (χ0v) is 19.7. The molecule has 35 heavy (non-hydrogen) atoms. The van der Waals surface area contributed by atoms with Crippen LogP contribution in [0.5, 0.6) is 0 Å². The fourth-order valence-corrected chi connectivity index (χ4v) is 5.91. The van der Waals surface area contributed by atoms with Gasteiger partial charge in [-0.15, -0.1) is 0 Å². The van der Waals surface area contributed by atoms with Crippen LogP contribution in [0, 0.1) is 11.8 Å². The lowest BCUT2D eigenvalue weighted by Gasteiger charge is -2.28. The summed E-state index contributed by atoms with van der Waals surface area (Å²) in [4.78, 5) is 38.9. The lowest BCUT2D eigenvalue weighted by Crippen LogP contribution is -2.42. The number of carboxylic acids is 1. The number of amides is 2. The molecule has 5 rings (SSSR count). The molecule has 3 aliphatic rings. The number of ether oxygens (including phenoxy) is 1. The van der Waals surface area contributed by atoms with E-state index in [-0.39, 0.29) is 36.4 Å². The van der Waals surface area contributed by atoms with E-state index in [1.165, 1.54) is 11.1 Å². The summed E-state index contributed by atoms with van der Waals surface area (Å²) in [6.45, 7) is 2.61. The standard InChI is InChI=1S/C28H30N2O5/c1-2-25-23(27(32)33)13-14-30(25)26(31)17-11-12-18(15-17)29-28(34)35-16-24-21-9-5-3-7-19(21)20-8-4-6-10-22(20)24/h3-12,17-18,23-25H,2,13-16H2,1H3,(H,29,34)(H,32,33). The van der Waals surface area contributed by atoms with Crippen molar-refractivity contribution in [3.8, 4) is 11.1 Å². The number of hydrogen-bond acceptors (Lipinski definition) is 4. The molecule has 4 unspecified atom stereocenters. The van der Waals surface area contributed by atoms with Crippen LogP contribution >= 0.6 is 0 Å². The fourth-order valence-electron chi connectivity index (χ4n) is 5.91. The number of nitrogens with zero attached hydrogens (tertiary/aromatic N) is 1. The van der Waals surface area contributed by atoms with Gasteiger partial charge in [-0.1, -0.05) is 67.6 Å². The fraction of sp³-hybridized carbons (Fsp3) is 0.393. The smallest absolute Gasteiger partial charge is 0.407 e. The number of rotatable bonds is 6. The van der Waals surface area contributed by atoms with Crippen LogP contribution in [0.4, 0.5) is 4.79 Å². The Labute approximate surface area is 204 Å². The first-order chi connectivity index (χ1) is 17.0. The van der Waals surface area contributed by atoms with Crippen molar-refractivity contribution in [1.82, 2.24) is 10.2 Å². The van der Waals surface area contributed by atoms with Crippen molar-refractivity contribution < 1.29 is 24.2 Å². The van der Waals surface area contributed by atoms with Gasteiger partial charge in [-0.05, 0) is 41.5 Å². The van der Waals surface area contributed by atoms with Crippen molar-refractivity contribution >= 4 is 18.0 Å². The van der Waals surface area contributed by atoms with E-state index in [0.717, 1.165) is 11.1 Å². The van der Waals surface area contributed by atoms with Crippen molar-refractivity contribution in [1.29, 1.82) is 0 Å². The molecule has 4 atom stereocenters. The first kappa shape index (κ1) is 23.1. The second kappa shape index (κ2) is 9.56. The SMILES string of the molecule is CCC1C(C(=O)O)CCN1C(=O)C1C=CC(NC(=O)OCC2c3ccccc3-c3ccccc32)C1. The zero-order chi connectivity index (χ0) is 24.5. The van der Waals surface area contributed by atoms with Gasteiger partial charge in [0.1, 0.15) is 6.61 Å². The molecule has 2 aliphatic carbocycles. The minimum absolute atomic E-state index is 0.00933. The lowest BCUT2D eigenvalue weighted by molar-refractivity contribution is -0.143. The summed E-state index contributed by atoms with van der Waals surface area (Å²) < 4.78 is 5.63. The number of carbonyl (C=O) groups excluding carboxylic acids is 2. The Bertz CT molecular complexity index is 1130. The molecule has 2 N–H and O–H groups in total. The number of carbonyl (C=O) groups is 3. The third-order valence-electron chi connectivity index (χ3n) is 7.61. The van der Waals surface area contributed by atoms with Gasteiger partial charge in [0.05, 0.1) is 17.9 Å². The van der Waals surface area contributed by atoms with Gasteiger partial charge >= 0.3 is 12.1 Å². The highest BCUT2D eigenvalue weighted by atomic mass is 16.5. The number of nitrogens with one attached hydrogen (secondary N) is 1. The van der Waals surface area contributed by atoms with Crippen LogP contribution in [0.3, 0.4) is 0 Å². The van der Waals surface area contributed by atoms with Crippen LogP contribution in [-0.4, -0.2) is 53.2 Å². The predicted octanol–water partition coefficient (Wildman–Crippen LogP) is 4.18. The second-order valence-electron chi connectivity index (χ2n) is 9.54. The first-order valence-corrected chi connectivity index (χ1v) is 12.3. The van der Waals surface area contributed by atoms with E-state index in [2.05, 4.69) is 29.6 Å². The van der Waals surface area contributed by atoms with E-state index in [1.54, 1.807) is 4.90 Å². The molecule has 7 heteroatoms. The van der Waals surface area contributed by atoms with Crippen molar-refractivity contribution in [3.05, 3.63) is 71.8 Å². The van der Waals surface area contributed by atoms with Crippen molar-refractivity contribution in [2.75, 3.05) is 13.2 Å². The monoisotopic (exact) mass is 474 g/mol. The number of benzene rings is 2. The molecule has 0 radical (unpaired) electrons. The molecule has 1 heterocycles. The Hall–Kier alpha value is -3.61. The molecule has 182 valence electrons. The summed E-state index contributed by atoms with van der Waals surface area (Å²) in [7, 11) is 0. The average molecular weight is 475 g/mol. The highest BCUT2D eigenvalue weighted by Crippen LogP contribution is 2.44. The van der Waals surface area contributed by atoms with Crippen molar-refractivity contribution in [3.63, 3.8) is 0 Å². The molecule has 7 nitrogen and oxygen atoms in total. The van der Waals surface area contributed by atoms with E-state index < -0.39 is 18.0 Å². The van der Waals surface area contributed by atoms with E-state index in [0.29, 0.717) is 25.8 Å². The maximum Gasteiger partial charge on any atom is 0.407 e. The number of hydrogen-bond donors (Lipinski definition) is 2. The Balaban J connectivity index is 1.16. The van der Waals surface area contributed by atoms with Gasteiger partial charge < -0.3 is 20.1 Å². The van der Waals surface area contributed by atoms with Crippen molar-refractivity contribution in [2.45, 2.75) is 44.2 Å². The normalized spacial score (nSPS) is 24.8. The van der Waals surface area contributed by atoms with Gasteiger partial charge in [-0.2, -0.15) is 0 Å². The van der Waals surface area contributed by atoms with E-state index in [9.17, 15) is 19.5 Å². The summed E-state index contributed by atoms with van der Waals surface area (Å²) >= 11 is 0. The Kier molecular flexibility index (Phi) is 6.32. The molecular formula is C28H30N2O5. The quantitative estimate of drug-likeness (QED) is 0.613. The molecule has 2 aromatic rings. The first-order valence-electron chi connectivity index (χ1n) is 12.3. The van der Waals surface area contributed by atoms with E-state index >= 15 is 0 Å². The van der Waals surface area contributed by atoms with Crippen LogP contribution in [0.2, 0.25) is 0 Å². The van der Waals surface area contributed by atoms with Gasteiger partial charge in [0.2, 0.25) is 5.91 Å². The van der Waals surface area contributed by atoms with Gasteiger partial charge in [0, 0.05) is 18.5 Å². The Morgan fingerprint density at radius 1 is 1.03 bits per heavy atom. The third-order valence-corrected chi connectivity index (χ3v) is 7.61. The largest absolute Gasteiger partial charge is 0.481 e. The minimum atomic E-state index is -0.844. The van der Waals surface area contributed by atoms with Gasteiger partial charge in [-0.25, -0.2) is 4.79 Å². The van der Waals surface area contributed by atoms with E-state index in [1.807, 2.05) is 43.3 Å². The van der Waals surface area contributed by atoms with Crippen molar-refractivity contribution in [2.24, 2.45) is 11.8 Å². The highest BCUT2D eigenvalue weighted by Gasteiger charge is 2.42. The summed E-state index contributed by atoms with van der Waals surface area (Å²) in [6.07, 6.45) is 4.69. The molecule has 1 fully saturated rings. The van der Waals surface area contributed by atoms with Crippen LogP contribution in [0.15, 0.2) is 60.7 Å². The molecule has 1 saturated heterocycles. The molecule has 0 aromatic heterocycles. The molecule has 0 bridgehead atoms. The molecule has 0 spiro atoms. The van der Waals surface area contributed by atoms with Crippen LogP contribution in [0.25, 0.3) is 11.1 Å². The number of fused-ring (bicyclic) bond motifs is 3. The number of likely N-dealkylation sites (tertiary alicyclic amines) is 1. The van der Waals surface area contributed by atoms with Gasteiger partial charge in [0.25, 0.3) is 0 Å². The number of carboxylic acid groups (broad SMARTS) is 1. The number of aliphatic carboxylic acids is 1. The maximum atomic E-state index is 13.1. The summed E-state index contributed by atoms with van der Waals surface area (Å²) in [6, 6.07) is 15.8. The van der Waals surface area contributed by atoms with Crippen LogP contribution < -0.4 is 5.32 Å². The minimum Gasteiger partial charge on any atom is -0.481 e. The molecule has 0 saturated carbocycles. The second-order valence-corrected chi connectivity index (χ2v) is 9.54. The lowest BCUT2D eigenvalue weighted by atomic mass is 9.97. The average Bonchev–Trinajstić information content (AvgIpc) is 3.58. The highest BCUT2D eigenvalue weighted by molar-refractivity contribution is 5.84. The topological polar surface area (TPSA) is 95.9 Å². The third kappa shape index (κ3) is 4.31. The maximum absolute atomic E-state index is 13.1. The predicted molar refractivity (Wildman–Crippen MR) is 131 cm³/mol. The molecule has 1 aliphatic heterocycles. The number of alkyl carbamates (subject to hydrolysis) is 1. The summed E-state index contributed by atoms with van der Waals surface area (Å²) in [5.41, 5.74) is 4.66. The zero-order valence-electron chi connectivity index (χ0n) is 19.7. The summed E-state index contributed by atoms with van der Waals surface area (Å²) in [5.74, 6) is -1.79.